The van der Waals surface area contributed by atoms with Crippen LogP contribution >= 0.6 is 11.6 Å². The molecule has 1 aliphatic rings. The lowest BCUT2D eigenvalue weighted by molar-refractivity contribution is 0.498. The predicted molar refractivity (Wildman–Crippen MR) is 75.9 cm³/mol. The van der Waals surface area contributed by atoms with Crippen LogP contribution in [0, 0.1) is 22.7 Å². The first kappa shape index (κ1) is 12.5. The van der Waals surface area contributed by atoms with Gasteiger partial charge >= 0.3 is 0 Å². The Morgan fingerprint density at radius 1 is 1.53 bits per heavy atom. The topological polar surface area (TPSA) is 41.6 Å². The summed E-state index contributed by atoms with van der Waals surface area (Å²) in [4.78, 5) is 4.56. The molecule has 3 rings (SSSR count). The number of nitriles is 1. The van der Waals surface area contributed by atoms with Crippen LogP contribution in [-0.4, -0.2) is 9.55 Å². The smallest absolute Gasteiger partial charge is 0.124 e. The Balaban J connectivity index is 2.07. The number of fused-ring (bicyclic) bond motifs is 1. The van der Waals surface area contributed by atoms with Gasteiger partial charge in [0.05, 0.1) is 28.5 Å². The Kier molecular flexibility index (Phi) is 2.79. The lowest BCUT2D eigenvalue weighted by Crippen LogP contribution is -2.07. The zero-order valence-electron chi connectivity index (χ0n) is 11.2. The molecule has 0 bridgehead atoms. The summed E-state index contributed by atoms with van der Waals surface area (Å²) in [5, 5.41) is 9.02. The van der Waals surface area contributed by atoms with Crippen molar-refractivity contribution in [3.8, 4) is 6.07 Å². The van der Waals surface area contributed by atoms with Crippen molar-refractivity contribution < 1.29 is 0 Å². The Labute approximate surface area is 117 Å². The maximum absolute atomic E-state index is 9.02. The molecule has 3 nitrogen and oxygen atoms in total. The van der Waals surface area contributed by atoms with Gasteiger partial charge in [-0.25, -0.2) is 4.98 Å². The standard InChI is InChI=1S/C15H16ClN3/c1-15(2)6-11(15)9-19-13-5-10(8-17)3-4-12(13)18-14(19)7-16/h3-5,11H,6-7,9H2,1-2H3. The van der Waals surface area contributed by atoms with E-state index >= 15 is 0 Å². The van der Waals surface area contributed by atoms with Crippen LogP contribution < -0.4 is 0 Å². The predicted octanol–water partition coefficient (Wildman–Crippen LogP) is 3.69. The lowest BCUT2D eigenvalue weighted by Gasteiger charge is -2.09. The third kappa shape index (κ3) is 2.11. The molecule has 98 valence electrons. The second-order valence-corrected chi connectivity index (χ2v) is 6.24. The maximum Gasteiger partial charge on any atom is 0.124 e. The lowest BCUT2D eigenvalue weighted by atomic mass is 10.1. The number of alkyl halides is 1. The highest BCUT2D eigenvalue weighted by Crippen LogP contribution is 2.52. The van der Waals surface area contributed by atoms with E-state index in [-0.39, 0.29) is 0 Å². The quantitative estimate of drug-likeness (QED) is 0.800. The SMILES string of the molecule is CC1(C)CC1Cn1c(CCl)nc2ccc(C#N)cc21. The van der Waals surface area contributed by atoms with Crippen molar-refractivity contribution in [2.24, 2.45) is 11.3 Å². The normalized spacial score (nSPS) is 20.4. The van der Waals surface area contributed by atoms with Crippen LogP contribution in [0.2, 0.25) is 0 Å². The number of hydrogen-bond acceptors (Lipinski definition) is 2. The highest BCUT2D eigenvalue weighted by Gasteiger charge is 2.45. The average Bonchev–Trinajstić information content (AvgIpc) is 2.85. The fourth-order valence-electron chi connectivity index (χ4n) is 2.66. The van der Waals surface area contributed by atoms with Gasteiger partial charge in [0.1, 0.15) is 5.82 Å². The number of aromatic nitrogens is 2. The minimum Gasteiger partial charge on any atom is -0.327 e. The summed E-state index contributed by atoms with van der Waals surface area (Å²) < 4.78 is 2.18. The van der Waals surface area contributed by atoms with Crippen molar-refractivity contribution in [2.75, 3.05) is 0 Å². The van der Waals surface area contributed by atoms with Crippen molar-refractivity contribution in [3.05, 3.63) is 29.6 Å². The van der Waals surface area contributed by atoms with E-state index in [1.807, 2.05) is 12.1 Å². The van der Waals surface area contributed by atoms with Crippen LogP contribution in [0.25, 0.3) is 11.0 Å². The van der Waals surface area contributed by atoms with Crippen molar-refractivity contribution in [3.63, 3.8) is 0 Å². The molecule has 0 spiro atoms. The zero-order valence-corrected chi connectivity index (χ0v) is 11.9. The Hall–Kier alpha value is -1.53. The molecule has 1 heterocycles. The van der Waals surface area contributed by atoms with Gasteiger partial charge in [-0.05, 0) is 36.0 Å². The first-order chi connectivity index (χ1) is 9.05. The van der Waals surface area contributed by atoms with Gasteiger partial charge in [-0.3, -0.25) is 0 Å². The van der Waals surface area contributed by atoms with E-state index in [2.05, 4.69) is 29.5 Å². The molecule has 1 unspecified atom stereocenters. The molecule has 1 aromatic heterocycles. The number of rotatable bonds is 3. The van der Waals surface area contributed by atoms with Gasteiger partial charge in [-0.2, -0.15) is 5.26 Å². The van der Waals surface area contributed by atoms with Gasteiger partial charge in [-0.15, -0.1) is 11.6 Å². The summed E-state index contributed by atoms with van der Waals surface area (Å²) in [5.74, 6) is 1.98. The van der Waals surface area contributed by atoms with Crippen molar-refractivity contribution in [1.82, 2.24) is 9.55 Å². The molecule has 1 atom stereocenters. The molecule has 0 saturated heterocycles. The molecule has 0 N–H and O–H groups in total. The minimum absolute atomic E-state index is 0.406. The molecule has 0 aliphatic heterocycles. The molecular formula is C15H16ClN3. The largest absolute Gasteiger partial charge is 0.327 e. The maximum atomic E-state index is 9.02. The summed E-state index contributed by atoms with van der Waals surface area (Å²) in [5.41, 5.74) is 3.04. The van der Waals surface area contributed by atoms with E-state index in [0.29, 0.717) is 22.8 Å². The third-order valence-electron chi connectivity index (χ3n) is 4.20. The second-order valence-electron chi connectivity index (χ2n) is 5.98. The van der Waals surface area contributed by atoms with Crippen molar-refractivity contribution in [2.45, 2.75) is 32.7 Å². The zero-order chi connectivity index (χ0) is 13.6. The molecule has 2 aromatic rings. The van der Waals surface area contributed by atoms with Crippen LogP contribution in [0.3, 0.4) is 0 Å². The van der Waals surface area contributed by atoms with Gasteiger partial charge in [0.2, 0.25) is 0 Å². The van der Waals surface area contributed by atoms with E-state index in [4.69, 9.17) is 16.9 Å². The summed E-state index contributed by atoms with van der Waals surface area (Å²) in [6.07, 6.45) is 1.24. The first-order valence-electron chi connectivity index (χ1n) is 6.50. The van der Waals surface area contributed by atoms with Crippen LogP contribution in [0.5, 0.6) is 0 Å². The number of hydrogen-bond donors (Lipinski definition) is 0. The Bertz CT molecular complexity index is 678. The molecule has 1 saturated carbocycles. The van der Waals surface area contributed by atoms with Crippen LogP contribution in [0.15, 0.2) is 18.2 Å². The van der Waals surface area contributed by atoms with Crippen LogP contribution in [-0.2, 0) is 12.4 Å². The molecule has 0 radical (unpaired) electrons. The summed E-state index contributed by atoms with van der Waals surface area (Å²) in [6, 6.07) is 7.80. The monoisotopic (exact) mass is 273 g/mol. The summed E-state index contributed by atoms with van der Waals surface area (Å²) in [6.45, 7) is 5.52. The molecule has 19 heavy (non-hydrogen) atoms. The van der Waals surface area contributed by atoms with Crippen LogP contribution in [0.4, 0.5) is 0 Å². The van der Waals surface area contributed by atoms with E-state index in [9.17, 15) is 0 Å². The highest BCUT2D eigenvalue weighted by molar-refractivity contribution is 6.16. The highest BCUT2D eigenvalue weighted by atomic mass is 35.5. The molecule has 1 aromatic carbocycles. The molecular weight excluding hydrogens is 258 g/mol. The Morgan fingerprint density at radius 3 is 2.84 bits per heavy atom. The van der Waals surface area contributed by atoms with Crippen molar-refractivity contribution >= 4 is 22.6 Å². The average molecular weight is 274 g/mol. The molecule has 1 fully saturated rings. The molecule has 0 amide bonds. The molecule has 1 aliphatic carbocycles. The van der Waals surface area contributed by atoms with Gasteiger partial charge < -0.3 is 4.57 Å². The fraction of sp³-hybridized carbons (Fsp3) is 0.467. The van der Waals surface area contributed by atoms with E-state index in [1.165, 1.54) is 6.42 Å². The number of imidazole rings is 1. The van der Waals surface area contributed by atoms with Crippen molar-refractivity contribution in [1.29, 1.82) is 5.26 Å². The van der Waals surface area contributed by atoms with E-state index < -0.39 is 0 Å². The fourth-order valence-corrected chi connectivity index (χ4v) is 2.86. The first-order valence-corrected chi connectivity index (χ1v) is 7.04. The minimum atomic E-state index is 0.406. The third-order valence-corrected chi connectivity index (χ3v) is 4.44. The van der Waals surface area contributed by atoms with Crippen LogP contribution in [0.1, 0.15) is 31.7 Å². The summed E-state index contributed by atoms with van der Waals surface area (Å²) >= 11 is 6.00. The second kappa shape index (κ2) is 4.25. The Morgan fingerprint density at radius 2 is 2.26 bits per heavy atom. The summed E-state index contributed by atoms with van der Waals surface area (Å²) in [7, 11) is 0. The van der Waals surface area contributed by atoms with Gasteiger partial charge in [0.15, 0.2) is 0 Å². The van der Waals surface area contributed by atoms with Gasteiger partial charge in [-0.1, -0.05) is 13.8 Å². The number of benzene rings is 1. The number of halogens is 1. The molecule has 4 heteroatoms. The van der Waals surface area contributed by atoms with Gasteiger partial charge in [0.25, 0.3) is 0 Å². The van der Waals surface area contributed by atoms with E-state index in [1.54, 1.807) is 6.07 Å². The number of nitrogens with zero attached hydrogens (tertiary/aromatic N) is 3. The van der Waals surface area contributed by atoms with E-state index in [0.717, 1.165) is 23.4 Å². The van der Waals surface area contributed by atoms with Gasteiger partial charge in [0, 0.05) is 6.54 Å².